The van der Waals surface area contributed by atoms with Gasteiger partial charge in [-0.1, -0.05) is 12.1 Å². The van der Waals surface area contributed by atoms with Crippen molar-refractivity contribution >= 4 is 51.1 Å². The lowest BCUT2D eigenvalue weighted by Gasteiger charge is -2.41. The van der Waals surface area contributed by atoms with Crippen LogP contribution in [-0.2, 0) is 26.1 Å². The summed E-state index contributed by atoms with van der Waals surface area (Å²) >= 11 is 0. The predicted octanol–water partition coefficient (Wildman–Crippen LogP) is 5.83. The Morgan fingerprint density at radius 1 is 0.789 bits per heavy atom. The van der Waals surface area contributed by atoms with Crippen LogP contribution in [0.15, 0.2) is 73.2 Å². The van der Waals surface area contributed by atoms with Gasteiger partial charge in [0, 0.05) is 111 Å². The molecule has 2 aromatic carbocycles. The molecule has 3 fully saturated rings. The van der Waals surface area contributed by atoms with E-state index < -0.39 is 23.8 Å². The minimum atomic E-state index is -0.958. The van der Waals surface area contributed by atoms with Crippen LogP contribution in [0.25, 0.3) is 32.9 Å². The number of carbonyl (C=O) groups is 4. The molecule has 13 nitrogen and oxygen atoms in total. The van der Waals surface area contributed by atoms with E-state index in [0.717, 1.165) is 91.9 Å². The van der Waals surface area contributed by atoms with Gasteiger partial charge in [0.15, 0.2) is 0 Å². The molecule has 0 radical (unpaired) electrons. The summed E-state index contributed by atoms with van der Waals surface area (Å²) in [5.74, 6) is -0.804. The number of hydrogen-bond acceptors (Lipinski definition) is 10. The molecular weight excluding hydrogens is 725 g/mol. The quantitative estimate of drug-likeness (QED) is 0.102. The number of benzene rings is 2. The van der Waals surface area contributed by atoms with Gasteiger partial charge < -0.3 is 23.7 Å². The number of anilines is 1. The molecule has 0 spiro atoms. The number of aryl methyl sites for hydroxylation is 1. The molecule has 5 aromatic rings. The second-order valence-electron chi connectivity index (χ2n) is 15.7. The lowest BCUT2D eigenvalue weighted by Crippen LogP contribution is -2.54. The molecule has 1 saturated carbocycles. The van der Waals surface area contributed by atoms with E-state index in [2.05, 4.69) is 56.1 Å². The van der Waals surface area contributed by atoms with Gasteiger partial charge in [-0.2, -0.15) is 0 Å². The van der Waals surface area contributed by atoms with Crippen molar-refractivity contribution in [3.63, 3.8) is 0 Å². The average molecular weight is 771 g/mol. The Balaban J connectivity index is 0.618. The van der Waals surface area contributed by atoms with E-state index in [9.17, 15) is 19.2 Å². The van der Waals surface area contributed by atoms with E-state index in [0.29, 0.717) is 29.5 Å². The summed E-state index contributed by atoms with van der Waals surface area (Å²) in [6.45, 7) is 3.92. The van der Waals surface area contributed by atoms with Gasteiger partial charge in [0.1, 0.15) is 12.1 Å². The molecule has 1 atom stereocenters. The van der Waals surface area contributed by atoms with E-state index in [1.54, 1.807) is 12.1 Å². The van der Waals surface area contributed by atoms with Gasteiger partial charge in [-0.15, -0.1) is 0 Å². The van der Waals surface area contributed by atoms with E-state index in [1.807, 2.05) is 36.8 Å². The van der Waals surface area contributed by atoms with Crippen LogP contribution < -0.4 is 15.0 Å². The van der Waals surface area contributed by atoms with Crippen LogP contribution in [0.5, 0.6) is 5.88 Å². The van der Waals surface area contributed by atoms with Gasteiger partial charge in [0.2, 0.25) is 17.7 Å². The van der Waals surface area contributed by atoms with E-state index in [-0.39, 0.29) is 31.0 Å². The fraction of sp³-hybridized carbons (Fsp3) is 0.409. The lowest BCUT2D eigenvalue weighted by molar-refractivity contribution is -0.136. The Morgan fingerprint density at radius 2 is 1.61 bits per heavy atom. The smallest absolute Gasteiger partial charge is 0.262 e. The van der Waals surface area contributed by atoms with Gasteiger partial charge in [-0.25, -0.2) is 4.98 Å². The minimum absolute atomic E-state index is 0.100. The predicted molar refractivity (Wildman–Crippen MR) is 213 cm³/mol. The number of unbranched alkanes of at least 4 members (excludes halogenated alkanes) is 2. The Hall–Kier alpha value is -5.66. The van der Waals surface area contributed by atoms with Crippen LogP contribution in [-0.4, -0.2) is 94.2 Å². The Labute approximate surface area is 330 Å². The average Bonchev–Trinajstić information content (AvgIpc) is 3.61. The number of nitrogens with zero attached hydrogens (tertiary/aromatic N) is 5. The highest BCUT2D eigenvalue weighted by atomic mass is 16.5. The fourth-order valence-corrected chi connectivity index (χ4v) is 8.48. The monoisotopic (exact) mass is 770 g/mol. The first-order valence-corrected chi connectivity index (χ1v) is 20.1. The maximum absolute atomic E-state index is 13.2. The van der Waals surface area contributed by atoms with Crippen molar-refractivity contribution in [3.8, 4) is 17.0 Å². The largest absolute Gasteiger partial charge is 0.474 e. The molecule has 57 heavy (non-hydrogen) atoms. The van der Waals surface area contributed by atoms with Gasteiger partial charge in [-0.05, 0) is 80.0 Å². The lowest BCUT2D eigenvalue weighted by atomic mass is 9.92. The topological polar surface area (TPSA) is 145 Å². The first-order chi connectivity index (χ1) is 27.8. The summed E-state index contributed by atoms with van der Waals surface area (Å²) in [7, 11) is 2.09. The van der Waals surface area contributed by atoms with Crippen molar-refractivity contribution in [1.29, 1.82) is 0 Å². The first-order valence-electron chi connectivity index (χ1n) is 20.1. The molecule has 6 heterocycles. The zero-order valence-corrected chi connectivity index (χ0v) is 32.0. The van der Waals surface area contributed by atoms with Gasteiger partial charge >= 0.3 is 0 Å². The highest BCUT2D eigenvalue weighted by Crippen LogP contribution is 2.35. The van der Waals surface area contributed by atoms with Crippen molar-refractivity contribution in [2.75, 3.05) is 37.8 Å². The van der Waals surface area contributed by atoms with Crippen LogP contribution >= 0.6 is 0 Å². The summed E-state index contributed by atoms with van der Waals surface area (Å²) in [6, 6.07) is 16.9. The Bertz CT molecular complexity index is 2350. The molecule has 0 bridgehead atoms. The molecule has 2 saturated heterocycles. The van der Waals surface area contributed by atoms with Crippen molar-refractivity contribution in [3.05, 3.63) is 84.3 Å². The standard InChI is InChI=1S/C44H46N6O7/c1-48-37-13-15-45-24-36(37)33-8-5-28(19-39(33)48)29-6-12-41(46-23-29)57-32-21-31(22-32)56-17-4-2-3-16-55-18-14-27-25-49(26-27)30-7-9-34-35(20-30)44(54)50(43(34)53)38-10-11-40(51)47-42(38)52/h5-9,12-13,15,19-20,23-24,27,31-32,38H,2-4,10-11,14,16-18,21-22,25-26H2,1H3,(H,47,51,52)/t31-,32-,38?. The van der Waals surface area contributed by atoms with Crippen LogP contribution in [0.2, 0.25) is 0 Å². The number of hydrogen-bond donors (Lipinski definition) is 1. The molecule has 4 aliphatic rings. The zero-order chi connectivity index (χ0) is 39.0. The number of pyridine rings is 2. The zero-order valence-electron chi connectivity index (χ0n) is 32.0. The summed E-state index contributed by atoms with van der Waals surface area (Å²) in [5, 5.41) is 4.59. The molecule has 9 rings (SSSR count). The van der Waals surface area contributed by atoms with Crippen LogP contribution in [0, 0.1) is 5.92 Å². The molecule has 4 amide bonds. The number of imide groups is 2. The normalized spacial score (nSPS) is 20.9. The fourth-order valence-electron chi connectivity index (χ4n) is 8.48. The van der Waals surface area contributed by atoms with Crippen molar-refractivity contribution in [2.24, 2.45) is 13.0 Å². The third-order valence-corrected chi connectivity index (χ3v) is 11.9. The second kappa shape index (κ2) is 15.7. The highest BCUT2D eigenvalue weighted by molar-refractivity contribution is 6.23. The maximum Gasteiger partial charge on any atom is 0.262 e. The number of amides is 4. The summed E-state index contributed by atoms with van der Waals surface area (Å²) in [4.78, 5) is 62.1. The Morgan fingerprint density at radius 3 is 2.44 bits per heavy atom. The molecule has 1 unspecified atom stereocenters. The van der Waals surface area contributed by atoms with Gasteiger partial charge in [0.25, 0.3) is 11.8 Å². The first kappa shape index (κ1) is 36.9. The molecule has 3 aromatic heterocycles. The number of nitrogens with one attached hydrogen (secondary N) is 1. The van der Waals surface area contributed by atoms with Crippen molar-refractivity contribution < 1.29 is 33.4 Å². The number of aromatic nitrogens is 3. The molecule has 3 aliphatic heterocycles. The SMILES string of the molecule is Cn1c2ccncc2c2ccc(-c3ccc(O[C@H]4C[C@H](OCCCCCOCCC5CN(c6ccc7c(c6)C(=O)N(C6CCC(=O)NC6=O)C7=O)C5)C4)nc3)cc21. The Kier molecular flexibility index (Phi) is 10.2. The van der Waals surface area contributed by atoms with Gasteiger partial charge in [0.05, 0.1) is 22.7 Å². The molecule has 1 aliphatic carbocycles. The molecule has 1 N–H and O–H groups in total. The number of ether oxygens (including phenoxy) is 3. The number of piperidine rings is 1. The van der Waals surface area contributed by atoms with Crippen molar-refractivity contribution in [1.82, 2.24) is 24.8 Å². The molecular formula is C44H46N6O7. The number of rotatable bonds is 15. The summed E-state index contributed by atoms with van der Waals surface area (Å²) < 4.78 is 20.3. The van der Waals surface area contributed by atoms with Gasteiger partial charge in [-0.3, -0.25) is 34.4 Å². The van der Waals surface area contributed by atoms with Crippen LogP contribution in [0.4, 0.5) is 5.69 Å². The summed E-state index contributed by atoms with van der Waals surface area (Å²) in [5.41, 5.74) is 6.00. The minimum Gasteiger partial charge on any atom is -0.474 e. The highest BCUT2D eigenvalue weighted by Gasteiger charge is 2.45. The van der Waals surface area contributed by atoms with E-state index >= 15 is 0 Å². The number of fused-ring (bicyclic) bond motifs is 4. The van der Waals surface area contributed by atoms with E-state index in [4.69, 9.17) is 14.2 Å². The third-order valence-electron chi connectivity index (χ3n) is 11.9. The third kappa shape index (κ3) is 7.37. The maximum atomic E-state index is 13.2. The summed E-state index contributed by atoms with van der Waals surface area (Å²) in [6.07, 6.45) is 12.1. The second-order valence-corrected chi connectivity index (χ2v) is 15.7. The molecule has 294 valence electrons. The van der Waals surface area contributed by atoms with Crippen LogP contribution in [0.3, 0.4) is 0 Å². The number of carbonyl (C=O) groups excluding carboxylic acids is 4. The van der Waals surface area contributed by atoms with E-state index in [1.165, 1.54) is 16.4 Å². The van der Waals surface area contributed by atoms with Crippen LogP contribution in [0.1, 0.15) is 72.1 Å². The molecule has 13 heteroatoms. The van der Waals surface area contributed by atoms with Crippen molar-refractivity contribution in [2.45, 2.75) is 69.6 Å².